The molecule has 4 nitrogen and oxygen atoms in total. The first-order valence-electron chi connectivity index (χ1n) is 7.61. The van der Waals surface area contributed by atoms with Gasteiger partial charge in [0.15, 0.2) is 5.78 Å². The number of benzene rings is 1. The van der Waals surface area contributed by atoms with Crippen LogP contribution in [-0.2, 0) is 14.3 Å². The largest absolute Gasteiger partial charge is 0.466 e. The van der Waals surface area contributed by atoms with Crippen molar-refractivity contribution < 1.29 is 14.3 Å². The van der Waals surface area contributed by atoms with Crippen LogP contribution in [0.1, 0.15) is 37.7 Å². The summed E-state index contributed by atoms with van der Waals surface area (Å²) in [5, 5.41) is 3.77. The zero-order chi connectivity index (χ0) is 16.6. The van der Waals surface area contributed by atoms with Crippen molar-refractivity contribution in [2.24, 2.45) is 0 Å². The first-order valence-corrected chi connectivity index (χ1v) is 7.99. The molecule has 0 spiro atoms. The molecule has 5 heteroatoms. The minimum absolute atomic E-state index is 0.0672. The molecule has 2 aliphatic rings. The van der Waals surface area contributed by atoms with E-state index in [0.717, 1.165) is 29.8 Å². The Morgan fingerprint density at radius 3 is 2.74 bits per heavy atom. The number of carbonyl (C=O) groups excluding carboxylic acids is 2. The zero-order valence-electron chi connectivity index (χ0n) is 13.1. The minimum Gasteiger partial charge on any atom is -0.466 e. The van der Waals surface area contributed by atoms with E-state index in [1.54, 1.807) is 6.07 Å². The molecular formula is C18H18ClNO3. The third-order valence-corrected chi connectivity index (χ3v) is 4.74. The van der Waals surface area contributed by atoms with E-state index in [0.29, 0.717) is 22.6 Å². The number of nitrogens with one attached hydrogen (secondary N) is 1. The van der Waals surface area contributed by atoms with E-state index >= 15 is 0 Å². The van der Waals surface area contributed by atoms with Gasteiger partial charge in [0, 0.05) is 34.3 Å². The topological polar surface area (TPSA) is 55.4 Å². The maximum atomic E-state index is 12.6. The summed E-state index contributed by atoms with van der Waals surface area (Å²) in [6.45, 7) is 1.83. The Labute approximate surface area is 140 Å². The van der Waals surface area contributed by atoms with Crippen LogP contribution in [-0.4, -0.2) is 18.9 Å². The number of halogens is 1. The van der Waals surface area contributed by atoms with E-state index in [9.17, 15) is 9.59 Å². The molecule has 1 N–H and O–H groups in total. The number of methoxy groups -OCH3 is 1. The number of hydrogen-bond donors (Lipinski definition) is 1. The van der Waals surface area contributed by atoms with Gasteiger partial charge in [-0.3, -0.25) is 4.79 Å². The molecule has 120 valence electrons. The maximum Gasteiger partial charge on any atom is 0.336 e. The van der Waals surface area contributed by atoms with Crippen molar-refractivity contribution in [3.8, 4) is 0 Å². The molecular weight excluding hydrogens is 314 g/mol. The number of ether oxygens (including phenoxy) is 1. The summed E-state index contributed by atoms with van der Waals surface area (Å²) in [4.78, 5) is 24.9. The van der Waals surface area contributed by atoms with Gasteiger partial charge >= 0.3 is 5.97 Å². The van der Waals surface area contributed by atoms with Crippen molar-refractivity contribution in [3.05, 3.63) is 57.4 Å². The molecule has 0 radical (unpaired) electrons. The van der Waals surface area contributed by atoms with Crippen molar-refractivity contribution in [2.75, 3.05) is 7.11 Å². The quantitative estimate of drug-likeness (QED) is 0.843. The number of Topliss-reactive ketones (excluding diaryl/α,β-unsaturated/α-hetero) is 1. The highest BCUT2D eigenvalue weighted by atomic mass is 35.5. The van der Waals surface area contributed by atoms with E-state index < -0.39 is 11.9 Å². The lowest BCUT2D eigenvalue weighted by atomic mass is 9.75. The van der Waals surface area contributed by atoms with Gasteiger partial charge in [0.2, 0.25) is 0 Å². The SMILES string of the molecule is COC(=O)C1=C(C)NC2=C(C(=O)CCC2)C1c1ccccc1Cl. The van der Waals surface area contributed by atoms with Crippen molar-refractivity contribution in [1.29, 1.82) is 0 Å². The van der Waals surface area contributed by atoms with Gasteiger partial charge in [-0.2, -0.15) is 0 Å². The van der Waals surface area contributed by atoms with Crippen molar-refractivity contribution in [2.45, 2.75) is 32.1 Å². The predicted octanol–water partition coefficient (Wildman–Crippen LogP) is 3.48. The van der Waals surface area contributed by atoms with Crippen LogP contribution in [0.4, 0.5) is 0 Å². The molecule has 0 saturated carbocycles. The van der Waals surface area contributed by atoms with Gasteiger partial charge in [-0.25, -0.2) is 4.79 Å². The molecule has 0 bridgehead atoms. The molecule has 3 rings (SSSR count). The van der Waals surface area contributed by atoms with Gasteiger partial charge in [-0.05, 0) is 31.4 Å². The Kier molecular flexibility index (Phi) is 4.26. The monoisotopic (exact) mass is 331 g/mol. The second-order valence-electron chi connectivity index (χ2n) is 5.78. The van der Waals surface area contributed by atoms with Gasteiger partial charge in [-0.15, -0.1) is 0 Å². The van der Waals surface area contributed by atoms with Gasteiger partial charge < -0.3 is 10.1 Å². The van der Waals surface area contributed by atoms with Crippen LogP contribution in [0.25, 0.3) is 0 Å². The van der Waals surface area contributed by atoms with E-state index in [1.807, 2.05) is 25.1 Å². The minimum atomic E-state index is -0.472. The first kappa shape index (κ1) is 15.8. The second-order valence-corrected chi connectivity index (χ2v) is 6.19. The second kappa shape index (κ2) is 6.20. The number of hydrogen-bond acceptors (Lipinski definition) is 4. The Morgan fingerprint density at radius 1 is 1.30 bits per heavy atom. The van der Waals surface area contributed by atoms with Crippen molar-refractivity contribution >= 4 is 23.4 Å². The summed E-state index contributed by atoms with van der Waals surface area (Å²) in [5.41, 5.74) is 3.48. The van der Waals surface area contributed by atoms with Gasteiger partial charge in [0.25, 0.3) is 0 Å². The lowest BCUT2D eigenvalue weighted by molar-refractivity contribution is -0.136. The molecule has 1 heterocycles. The molecule has 1 atom stereocenters. The van der Waals surface area contributed by atoms with E-state index in [2.05, 4.69) is 5.32 Å². The number of rotatable bonds is 2. The number of allylic oxidation sites excluding steroid dienone is 3. The van der Waals surface area contributed by atoms with Crippen LogP contribution in [0.2, 0.25) is 5.02 Å². The van der Waals surface area contributed by atoms with Crippen LogP contribution >= 0.6 is 11.6 Å². The van der Waals surface area contributed by atoms with Crippen LogP contribution < -0.4 is 5.32 Å². The molecule has 1 aliphatic carbocycles. The fraction of sp³-hybridized carbons (Fsp3) is 0.333. The van der Waals surface area contributed by atoms with Crippen molar-refractivity contribution in [1.82, 2.24) is 5.32 Å². The lowest BCUT2D eigenvalue weighted by Crippen LogP contribution is -2.34. The van der Waals surface area contributed by atoms with Gasteiger partial charge in [0.05, 0.1) is 12.7 Å². The van der Waals surface area contributed by atoms with Gasteiger partial charge in [-0.1, -0.05) is 29.8 Å². The summed E-state index contributed by atoms with van der Waals surface area (Å²) in [7, 11) is 1.35. The standard InChI is InChI=1S/C18H18ClNO3/c1-10-15(18(22)23-2)16(11-6-3-4-7-12(11)19)17-13(20-10)8-5-9-14(17)21/h3-4,6-7,16,20H,5,8-9H2,1-2H3. The molecule has 0 saturated heterocycles. The maximum absolute atomic E-state index is 12.6. The predicted molar refractivity (Wildman–Crippen MR) is 87.9 cm³/mol. The lowest BCUT2D eigenvalue weighted by Gasteiger charge is -2.34. The molecule has 0 aromatic heterocycles. The normalized spacial score (nSPS) is 21.0. The molecule has 1 aliphatic heterocycles. The Balaban J connectivity index is 2.23. The summed E-state index contributed by atoms with van der Waals surface area (Å²) in [6, 6.07) is 7.33. The zero-order valence-corrected chi connectivity index (χ0v) is 13.9. The van der Waals surface area contributed by atoms with E-state index in [1.165, 1.54) is 7.11 Å². The number of dihydropyridines is 1. The average Bonchev–Trinajstić information content (AvgIpc) is 2.54. The summed E-state index contributed by atoms with van der Waals surface area (Å²) in [6.07, 6.45) is 2.11. The van der Waals surface area contributed by atoms with Crippen LogP contribution in [0.15, 0.2) is 46.8 Å². The summed E-state index contributed by atoms with van der Waals surface area (Å²) < 4.78 is 4.95. The van der Waals surface area contributed by atoms with Crippen molar-refractivity contribution in [3.63, 3.8) is 0 Å². The Hall–Kier alpha value is -2.07. The molecule has 23 heavy (non-hydrogen) atoms. The highest BCUT2D eigenvalue weighted by molar-refractivity contribution is 6.31. The number of ketones is 1. The Morgan fingerprint density at radius 2 is 2.04 bits per heavy atom. The number of carbonyl (C=O) groups is 2. The summed E-state index contributed by atoms with van der Waals surface area (Å²) >= 11 is 6.37. The average molecular weight is 332 g/mol. The molecule has 1 unspecified atom stereocenters. The molecule has 0 amide bonds. The smallest absolute Gasteiger partial charge is 0.336 e. The third kappa shape index (κ3) is 2.68. The third-order valence-electron chi connectivity index (χ3n) is 4.40. The van der Waals surface area contributed by atoms with Gasteiger partial charge in [0.1, 0.15) is 0 Å². The van der Waals surface area contributed by atoms with Crippen LogP contribution in [0.3, 0.4) is 0 Å². The number of esters is 1. The Bertz CT molecular complexity index is 748. The molecule has 1 aromatic carbocycles. The van der Waals surface area contributed by atoms with Crippen LogP contribution in [0, 0.1) is 0 Å². The fourth-order valence-electron chi connectivity index (χ4n) is 3.38. The van der Waals surface area contributed by atoms with E-state index in [4.69, 9.17) is 16.3 Å². The van der Waals surface area contributed by atoms with Crippen LogP contribution in [0.5, 0.6) is 0 Å². The van der Waals surface area contributed by atoms with E-state index in [-0.39, 0.29) is 5.78 Å². The highest BCUT2D eigenvalue weighted by Crippen LogP contribution is 2.44. The first-order chi connectivity index (χ1) is 11.0. The fourth-order valence-corrected chi connectivity index (χ4v) is 3.63. The summed E-state index contributed by atoms with van der Waals surface area (Å²) in [5.74, 6) is -0.845. The molecule has 0 fully saturated rings. The highest BCUT2D eigenvalue weighted by Gasteiger charge is 2.39. The molecule has 1 aromatic rings.